The van der Waals surface area contributed by atoms with Gasteiger partial charge < -0.3 is 24.8 Å². The summed E-state index contributed by atoms with van der Waals surface area (Å²) in [6, 6.07) is 0. The third kappa shape index (κ3) is 2.65. The summed E-state index contributed by atoms with van der Waals surface area (Å²) >= 11 is 0. The van der Waals surface area contributed by atoms with E-state index in [2.05, 4.69) is 0 Å². The molecule has 5 atom stereocenters. The highest BCUT2D eigenvalue weighted by Gasteiger charge is 2.38. The van der Waals surface area contributed by atoms with E-state index in [0.29, 0.717) is 0 Å². The van der Waals surface area contributed by atoms with Gasteiger partial charge in [-0.3, -0.25) is 0 Å². The standard InChI is InChI=1S/C9H18O5/c1-3-5(2)14-9-8(12)7(11)6(10)4-13-9/h5-12H,3-4H2,1-2H3/t5?,6-,7?,8-,9-/m1/s1. The lowest BCUT2D eigenvalue weighted by molar-refractivity contribution is -0.280. The van der Waals surface area contributed by atoms with Gasteiger partial charge in [-0.1, -0.05) is 6.92 Å². The summed E-state index contributed by atoms with van der Waals surface area (Å²) in [6.45, 7) is 3.79. The van der Waals surface area contributed by atoms with E-state index in [0.717, 1.165) is 6.42 Å². The first kappa shape index (κ1) is 11.9. The Balaban J connectivity index is 2.46. The highest BCUT2D eigenvalue weighted by molar-refractivity contribution is 4.82. The van der Waals surface area contributed by atoms with E-state index in [-0.39, 0.29) is 12.7 Å². The third-order valence-corrected chi connectivity index (χ3v) is 2.40. The summed E-state index contributed by atoms with van der Waals surface area (Å²) in [7, 11) is 0. The van der Waals surface area contributed by atoms with Crippen LogP contribution in [-0.4, -0.2) is 52.6 Å². The minimum Gasteiger partial charge on any atom is -0.388 e. The lowest BCUT2D eigenvalue weighted by Gasteiger charge is -2.36. The molecule has 2 unspecified atom stereocenters. The van der Waals surface area contributed by atoms with Gasteiger partial charge in [0.25, 0.3) is 0 Å². The zero-order chi connectivity index (χ0) is 10.7. The molecule has 5 nitrogen and oxygen atoms in total. The predicted octanol–water partition coefficient (Wildman–Crippen LogP) is -0.760. The fourth-order valence-corrected chi connectivity index (χ4v) is 1.22. The van der Waals surface area contributed by atoms with E-state index in [1.807, 2.05) is 13.8 Å². The number of hydrogen-bond acceptors (Lipinski definition) is 5. The predicted molar refractivity (Wildman–Crippen MR) is 48.6 cm³/mol. The molecule has 84 valence electrons. The van der Waals surface area contributed by atoms with Crippen LogP contribution in [0, 0.1) is 0 Å². The molecule has 0 aromatic heterocycles. The Labute approximate surface area is 83.3 Å². The fraction of sp³-hybridized carbons (Fsp3) is 1.00. The van der Waals surface area contributed by atoms with Crippen molar-refractivity contribution in [1.82, 2.24) is 0 Å². The van der Waals surface area contributed by atoms with Crippen LogP contribution in [0.25, 0.3) is 0 Å². The van der Waals surface area contributed by atoms with Gasteiger partial charge in [-0.15, -0.1) is 0 Å². The first-order valence-corrected chi connectivity index (χ1v) is 4.87. The molecule has 0 bridgehead atoms. The summed E-state index contributed by atoms with van der Waals surface area (Å²) in [5.41, 5.74) is 0. The normalized spacial score (nSPS) is 40.9. The lowest BCUT2D eigenvalue weighted by Crippen LogP contribution is -2.54. The number of aliphatic hydroxyl groups excluding tert-OH is 3. The maximum absolute atomic E-state index is 9.49. The molecular weight excluding hydrogens is 188 g/mol. The Morgan fingerprint density at radius 1 is 1.36 bits per heavy atom. The van der Waals surface area contributed by atoms with Crippen molar-refractivity contribution >= 4 is 0 Å². The van der Waals surface area contributed by atoms with E-state index >= 15 is 0 Å². The Morgan fingerprint density at radius 2 is 2.00 bits per heavy atom. The van der Waals surface area contributed by atoms with Gasteiger partial charge in [-0.2, -0.15) is 0 Å². The molecule has 0 aliphatic carbocycles. The van der Waals surface area contributed by atoms with Crippen LogP contribution in [-0.2, 0) is 9.47 Å². The SMILES string of the molecule is CCC(C)O[C@H]1OC[C@@H](O)C(O)[C@H]1O. The van der Waals surface area contributed by atoms with E-state index in [1.165, 1.54) is 0 Å². The molecule has 1 saturated heterocycles. The molecular formula is C9H18O5. The van der Waals surface area contributed by atoms with E-state index < -0.39 is 24.6 Å². The second-order valence-corrected chi connectivity index (χ2v) is 3.61. The summed E-state index contributed by atoms with van der Waals surface area (Å²) in [6.07, 6.45) is -3.52. The Morgan fingerprint density at radius 3 is 2.57 bits per heavy atom. The summed E-state index contributed by atoms with van der Waals surface area (Å²) < 4.78 is 10.4. The van der Waals surface area contributed by atoms with Gasteiger partial charge in [-0.05, 0) is 13.3 Å². The summed E-state index contributed by atoms with van der Waals surface area (Å²) in [5, 5.41) is 28.0. The van der Waals surface area contributed by atoms with Crippen molar-refractivity contribution in [2.24, 2.45) is 0 Å². The summed E-state index contributed by atoms with van der Waals surface area (Å²) in [5.74, 6) is 0. The van der Waals surface area contributed by atoms with Crippen LogP contribution in [0.15, 0.2) is 0 Å². The smallest absolute Gasteiger partial charge is 0.186 e. The van der Waals surface area contributed by atoms with Crippen molar-refractivity contribution in [1.29, 1.82) is 0 Å². The second kappa shape index (κ2) is 5.04. The van der Waals surface area contributed by atoms with Gasteiger partial charge in [0.15, 0.2) is 6.29 Å². The number of hydrogen-bond donors (Lipinski definition) is 3. The molecule has 0 aromatic rings. The van der Waals surface area contributed by atoms with Crippen LogP contribution in [0.2, 0.25) is 0 Å². The zero-order valence-electron chi connectivity index (χ0n) is 8.46. The van der Waals surface area contributed by atoms with Crippen molar-refractivity contribution in [2.45, 2.75) is 51.0 Å². The van der Waals surface area contributed by atoms with Crippen molar-refractivity contribution in [2.75, 3.05) is 6.61 Å². The van der Waals surface area contributed by atoms with Crippen LogP contribution >= 0.6 is 0 Å². The molecule has 14 heavy (non-hydrogen) atoms. The van der Waals surface area contributed by atoms with Gasteiger partial charge >= 0.3 is 0 Å². The van der Waals surface area contributed by atoms with Crippen LogP contribution < -0.4 is 0 Å². The second-order valence-electron chi connectivity index (χ2n) is 3.61. The first-order chi connectivity index (χ1) is 6.56. The van der Waals surface area contributed by atoms with Gasteiger partial charge in [0, 0.05) is 0 Å². The lowest BCUT2D eigenvalue weighted by atomic mass is 10.1. The van der Waals surface area contributed by atoms with Gasteiger partial charge in [0.05, 0.1) is 12.7 Å². The minimum absolute atomic E-state index is 0.0146. The molecule has 0 aromatic carbocycles. The van der Waals surface area contributed by atoms with Crippen LogP contribution in [0.4, 0.5) is 0 Å². The van der Waals surface area contributed by atoms with E-state index in [4.69, 9.17) is 14.6 Å². The Hall–Kier alpha value is -0.200. The van der Waals surface area contributed by atoms with Crippen molar-refractivity contribution in [3.05, 3.63) is 0 Å². The molecule has 5 heteroatoms. The average molecular weight is 206 g/mol. The molecule has 0 saturated carbocycles. The minimum atomic E-state index is -1.20. The van der Waals surface area contributed by atoms with Crippen LogP contribution in [0.1, 0.15) is 20.3 Å². The zero-order valence-corrected chi connectivity index (χ0v) is 8.46. The maximum atomic E-state index is 9.49. The number of rotatable bonds is 3. The summed E-state index contributed by atoms with van der Waals surface area (Å²) in [4.78, 5) is 0. The molecule has 1 aliphatic rings. The van der Waals surface area contributed by atoms with E-state index in [9.17, 15) is 10.2 Å². The molecule has 0 amide bonds. The number of ether oxygens (including phenoxy) is 2. The highest BCUT2D eigenvalue weighted by atomic mass is 16.7. The third-order valence-electron chi connectivity index (χ3n) is 2.40. The maximum Gasteiger partial charge on any atom is 0.186 e. The van der Waals surface area contributed by atoms with Crippen molar-refractivity contribution in [3.8, 4) is 0 Å². The highest BCUT2D eigenvalue weighted by Crippen LogP contribution is 2.18. The largest absolute Gasteiger partial charge is 0.388 e. The quantitative estimate of drug-likeness (QED) is 0.565. The molecule has 0 spiro atoms. The van der Waals surface area contributed by atoms with Gasteiger partial charge in [0.1, 0.15) is 18.3 Å². The van der Waals surface area contributed by atoms with Gasteiger partial charge in [-0.25, -0.2) is 0 Å². The van der Waals surface area contributed by atoms with Crippen molar-refractivity contribution in [3.63, 3.8) is 0 Å². The molecule has 1 rings (SSSR count). The van der Waals surface area contributed by atoms with Crippen LogP contribution in [0.5, 0.6) is 0 Å². The van der Waals surface area contributed by atoms with Gasteiger partial charge in [0.2, 0.25) is 0 Å². The molecule has 1 fully saturated rings. The first-order valence-electron chi connectivity index (χ1n) is 4.87. The fourth-order valence-electron chi connectivity index (χ4n) is 1.22. The Bertz CT molecular complexity index is 175. The van der Waals surface area contributed by atoms with Crippen LogP contribution in [0.3, 0.4) is 0 Å². The van der Waals surface area contributed by atoms with E-state index in [1.54, 1.807) is 0 Å². The molecule has 3 N–H and O–H groups in total. The Kier molecular flexibility index (Phi) is 4.28. The van der Waals surface area contributed by atoms with Crippen molar-refractivity contribution < 1.29 is 24.8 Å². The molecule has 1 aliphatic heterocycles. The average Bonchev–Trinajstić information content (AvgIpc) is 2.19. The molecule has 1 heterocycles. The number of aliphatic hydroxyl groups is 3. The topological polar surface area (TPSA) is 79.2 Å². The molecule has 0 radical (unpaired) electrons. The monoisotopic (exact) mass is 206 g/mol.